The Morgan fingerprint density at radius 1 is 1.40 bits per heavy atom. The molecule has 3 heteroatoms. The first-order chi connectivity index (χ1) is 9.36. The van der Waals surface area contributed by atoms with Crippen molar-refractivity contribution in [3.63, 3.8) is 0 Å². The molecule has 0 unspecified atom stereocenters. The predicted octanol–water partition coefficient (Wildman–Crippen LogP) is 2.99. The molecule has 0 amide bonds. The smallest absolute Gasteiger partial charge is 0.302 e. The van der Waals surface area contributed by atoms with Crippen LogP contribution >= 0.6 is 0 Å². The van der Waals surface area contributed by atoms with E-state index in [-0.39, 0.29) is 17.3 Å². The Hall–Kier alpha value is -1.12. The lowest BCUT2D eigenvalue weighted by Crippen LogP contribution is -2.23. The van der Waals surface area contributed by atoms with Crippen molar-refractivity contribution in [2.75, 3.05) is 6.61 Å². The topological polar surface area (TPSA) is 43.4 Å². The molecule has 2 fully saturated rings. The molecule has 0 aromatic rings. The van der Waals surface area contributed by atoms with E-state index in [1.807, 2.05) is 6.08 Å². The van der Waals surface area contributed by atoms with Gasteiger partial charge in [-0.2, -0.15) is 0 Å². The lowest BCUT2D eigenvalue weighted by molar-refractivity contribution is -0.143. The quantitative estimate of drug-likeness (QED) is 0.728. The van der Waals surface area contributed by atoms with Gasteiger partial charge in [0.25, 0.3) is 0 Å². The number of allylic oxidation sites excluding steroid dienone is 2. The zero-order valence-electron chi connectivity index (χ0n) is 12.8. The second kappa shape index (κ2) is 4.44. The fraction of sp³-hybridized carbons (Fsp3) is 0.765. The summed E-state index contributed by atoms with van der Waals surface area (Å²) in [6.45, 7) is 8.52. The summed E-state index contributed by atoms with van der Waals surface area (Å²) in [5.41, 5.74) is 1.44. The highest BCUT2D eigenvalue weighted by Crippen LogP contribution is 2.69. The van der Waals surface area contributed by atoms with Gasteiger partial charge in [-0.25, -0.2) is 0 Å². The molecule has 0 N–H and O–H groups in total. The highest BCUT2D eigenvalue weighted by Gasteiger charge is 2.67. The van der Waals surface area contributed by atoms with Crippen LogP contribution in [0.3, 0.4) is 0 Å². The van der Waals surface area contributed by atoms with Gasteiger partial charge in [-0.3, -0.25) is 9.59 Å². The Morgan fingerprint density at radius 2 is 2.10 bits per heavy atom. The Balaban J connectivity index is 1.85. The molecule has 0 aliphatic heterocycles. The minimum Gasteiger partial charge on any atom is -0.465 e. The van der Waals surface area contributed by atoms with Crippen LogP contribution in [0.4, 0.5) is 0 Å². The summed E-state index contributed by atoms with van der Waals surface area (Å²) >= 11 is 0. The largest absolute Gasteiger partial charge is 0.465 e. The average molecular weight is 276 g/mol. The summed E-state index contributed by atoms with van der Waals surface area (Å²) in [6.07, 6.45) is 4.25. The number of ether oxygens (including phenoxy) is 1. The maximum atomic E-state index is 12.1. The zero-order chi connectivity index (χ0) is 14.7. The molecule has 0 aromatic heterocycles. The minimum atomic E-state index is -0.202. The summed E-state index contributed by atoms with van der Waals surface area (Å²) in [7, 11) is 0. The Bertz CT molecular complexity index is 492. The van der Waals surface area contributed by atoms with Gasteiger partial charge in [0.1, 0.15) is 0 Å². The van der Waals surface area contributed by atoms with Crippen molar-refractivity contribution >= 4 is 11.8 Å². The second-order valence-electron chi connectivity index (χ2n) is 7.26. The number of rotatable bonds is 2. The third-order valence-corrected chi connectivity index (χ3v) is 6.07. The van der Waals surface area contributed by atoms with Crippen molar-refractivity contribution in [2.45, 2.75) is 40.5 Å². The van der Waals surface area contributed by atoms with Crippen LogP contribution in [0.1, 0.15) is 40.5 Å². The standard InChI is InChI=1S/C17H24O3/c1-9-5-6-13-16(17(13,4)8-20-11(3)18)15-10(2)14(19)7-12(9)15/h7,9-10,13,15-16H,5-6,8H2,1-4H3/t9-,10-,13-,15-,16-,17+/m0/s1. The molecule has 0 spiro atoms. The molecule has 0 radical (unpaired) electrons. The van der Waals surface area contributed by atoms with Crippen LogP contribution in [-0.4, -0.2) is 18.4 Å². The van der Waals surface area contributed by atoms with Crippen LogP contribution in [0.15, 0.2) is 11.6 Å². The van der Waals surface area contributed by atoms with Crippen LogP contribution in [0.5, 0.6) is 0 Å². The number of esters is 1. The van der Waals surface area contributed by atoms with Crippen LogP contribution in [-0.2, 0) is 14.3 Å². The van der Waals surface area contributed by atoms with Crippen LogP contribution in [0.25, 0.3) is 0 Å². The molecule has 3 aliphatic rings. The van der Waals surface area contributed by atoms with Crippen LogP contribution in [0.2, 0.25) is 0 Å². The zero-order valence-corrected chi connectivity index (χ0v) is 12.8. The molecule has 2 saturated carbocycles. The normalized spacial score (nSPS) is 46.1. The van der Waals surface area contributed by atoms with Gasteiger partial charge in [0.15, 0.2) is 5.78 Å². The molecule has 0 aromatic carbocycles. The highest BCUT2D eigenvalue weighted by atomic mass is 16.5. The second-order valence-corrected chi connectivity index (χ2v) is 7.26. The summed E-state index contributed by atoms with van der Waals surface area (Å²) in [5.74, 6) is 2.22. The van der Waals surface area contributed by atoms with Crippen molar-refractivity contribution < 1.29 is 14.3 Å². The Labute approximate surface area is 120 Å². The van der Waals surface area contributed by atoms with Crippen molar-refractivity contribution in [2.24, 2.45) is 35.0 Å². The third-order valence-electron chi connectivity index (χ3n) is 6.07. The Morgan fingerprint density at radius 3 is 2.75 bits per heavy atom. The number of hydrogen-bond acceptors (Lipinski definition) is 3. The van der Waals surface area contributed by atoms with E-state index in [0.717, 1.165) is 6.42 Å². The number of hydrogen-bond donors (Lipinski definition) is 0. The predicted molar refractivity (Wildman–Crippen MR) is 75.9 cm³/mol. The van der Waals surface area contributed by atoms with E-state index in [9.17, 15) is 9.59 Å². The molecule has 0 heterocycles. The molecule has 6 atom stereocenters. The average Bonchev–Trinajstić information content (AvgIpc) is 2.90. The SMILES string of the molecule is CC(=O)OC[C@@]1(C)[C@@H]2[C@@H]3C(=CC(=O)[C@@H]3C)[C@@H](C)CC[C@@H]21. The molecule has 20 heavy (non-hydrogen) atoms. The van der Waals surface area contributed by atoms with Gasteiger partial charge in [-0.1, -0.05) is 26.3 Å². The van der Waals surface area contributed by atoms with Gasteiger partial charge in [0.2, 0.25) is 0 Å². The lowest BCUT2D eigenvalue weighted by atomic mass is 9.80. The fourth-order valence-electron chi connectivity index (χ4n) is 4.77. The highest BCUT2D eigenvalue weighted by molar-refractivity contribution is 5.95. The van der Waals surface area contributed by atoms with Gasteiger partial charge in [0.05, 0.1) is 6.61 Å². The third kappa shape index (κ3) is 1.86. The van der Waals surface area contributed by atoms with Gasteiger partial charge in [-0.15, -0.1) is 0 Å². The Kier molecular flexibility index (Phi) is 3.07. The summed E-state index contributed by atoms with van der Waals surface area (Å²) in [5, 5.41) is 0. The first-order valence-corrected chi connectivity index (χ1v) is 7.75. The number of ketones is 1. The van der Waals surface area contributed by atoms with E-state index in [1.165, 1.54) is 18.9 Å². The lowest BCUT2D eigenvalue weighted by Gasteiger charge is -2.25. The van der Waals surface area contributed by atoms with E-state index in [2.05, 4.69) is 20.8 Å². The molecule has 3 rings (SSSR count). The van der Waals surface area contributed by atoms with Crippen molar-refractivity contribution in [3.8, 4) is 0 Å². The van der Waals surface area contributed by atoms with E-state index < -0.39 is 0 Å². The van der Waals surface area contributed by atoms with E-state index in [4.69, 9.17) is 4.74 Å². The number of fused-ring (bicyclic) bond motifs is 3. The summed E-state index contributed by atoms with van der Waals surface area (Å²) in [6, 6.07) is 0. The van der Waals surface area contributed by atoms with Gasteiger partial charge < -0.3 is 4.74 Å². The van der Waals surface area contributed by atoms with Crippen molar-refractivity contribution in [3.05, 3.63) is 11.6 Å². The van der Waals surface area contributed by atoms with Crippen molar-refractivity contribution in [1.29, 1.82) is 0 Å². The first-order valence-electron chi connectivity index (χ1n) is 7.75. The molecule has 0 bridgehead atoms. The van der Waals surface area contributed by atoms with Crippen LogP contribution < -0.4 is 0 Å². The minimum absolute atomic E-state index is 0.0778. The first kappa shape index (κ1) is 13.8. The van der Waals surface area contributed by atoms with E-state index in [0.29, 0.717) is 36.1 Å². The summed E-state index contributed by atoms with van der Waals surface area (Å²) < 4.78 is 5.30. The maximum absolute atomic E-state index is 12.1. The van der Waals surface area contributed by atoms with Crippen molar-refractivity contribution in [1.82, 2.24) is 0 Å². The van der Waals surface area contributed by atoms with Gasteiger partial charge >= 0.3 is 5.97 Å². The molecule has 110 valence electrons. The van der Waals surface area contributed by atoms with Gasteiger partial charge in [-0.05, 0) is 42.6 Å². The number of carbonyl (C=O) groups excluding carboxylic acids is 2. The molecular weight excluding hydrogens is 252 g/mol. The summed E-state index contributed by atoms with van der Waals surface area (Å²) in [4.78, 5) is 23.2. The molecule has 3 nitrogen and oxygen atoms in total. The van der Waals surface area contributed by atoms with Gasteiger partial charge in [0, 0.05) is 18.3 Å². The van der Waals surface area contributed by atoms with Crippen LogP contribution in [0, 0.1) is 35.0 Å². The monoisotopic (exact) mass is 276 g/mol. The maximum Gasteiger partial charge on any atom is 0.302 e. The molecule has 0 saturated heterocycles. The fourth-order valence-corrected chi connectivity index (χ4v) is 4.77. The number of carbonyl (C=O) groups is 2. The van der Waals surface area contributed by atoms with E-state index in [1.54, 1.807) is 0 Å². The molecular formula is C17H24O3. The molecule has 3 aliphatic carbocycles. The van der Waals surface area contributed by atoms with E-state index >= 15 is 0 Å².